The molecule has 0 spiro atoms. The predicted octanol–water partition coefficient (Wildman–Crippen LogP) is 12.5. The Balaban J connectivity index is 1.11. The summed E-state index contributed by atoms with van der Waals surface area (Å²) in [6.07, 6.45) is 7.60. The maximum atomic E-state index is 5.21. The molecule has 0 radical (unpaired) electrons. The summed E-state index contributed by atoms with van der Waals surface area (Å²) in [5.41, 5.74) is 14.6. The fourth-order valence-corrected chi connectivity index (χ4v) is 7.56. The third kappa shape index (κ3) is 6.53. The largest absolute Gasteiger partial charge is 0.292 e. The summed E-state index contributed by atoms with van der Waals surface area (Å²) >= 11 is 0. The molecule has 0 saturated heterocycles. The minimum Gasteiger partial charge on any atom is -0.292 e. The van der Waals surface area contributed by atoms with E-state index in [1.165, 1.54) is 11.1 Å². The zero-order chi connectivity index (χ0) is 37.4. The van der Waals surface area contributed by atoms with Gasteiger partial charge in [0.2, 0.25) is 0 Å². The van der Waals surface area contributed by atoms with Crippen molar-refractivity contribution in [2.75, 3.05) is 0 Å². The molecule has 1 aliphatic rings. The zero-order valence-electron chi connectivity index (χ0n) is 31.0. The Bertz CT molecular complexity index is 2750. The first-order chi connectivity index (χ1) is 26.9. The number of rotatable bonds is 6. The molecule has 0 atom stereocenters. The van der Waals surface area contributed by atoms with Gasteiger partial charge in [0, 0.05) is 33.4 Å². The first-order valence-electron chi connectivity index (χ1n) is 18.8. The molecule has 4 nitrogen and oxygen atoms in total. The lowest BCUT2D eigenvalue weighted by atomic mass is 9.75. The lowest BCUT2D eigenvalue weighted by Gasteiger charge is -2.28. The Morgan fingerprint density at radius 2 is 1.20 bits per heavy atom. The van der Waals surface area contributed by atoms with Gasteiger partial charge < -0.3 is 0 Å². The minimum atomic E-state index is -0.207. The van der Waals surface area contributed by atoms with E-state index in [4.69, 9.17) is 15.0 Å². The summed E-state index contributed by atoms with van der Waals surface area (Å²) in [7, 11) is 0. The Kier molecular flexibility index (Phi) is 8.72. The van der Waals surface area contributed by atoms with E-state index in [9.17, 15) is 0 Å². The van der Waals surface area contributed by atoms with Crippen LogP contribution in [-0.2, 0) is 11.8 Å². The SMILES string of the molecule is C=C1/C=C(c2cccc(-c3cc(-c4ccccc4)nc(-c4ccc(-c5nc6ccccc6n5-c5ccccc5)cc4)n3)c2)\C=C/Cc2ccccc2C1(C)C. The van der Waals surface area contributed by atoms with E-state index in [0.717, 1.165) is 79.3 Å². The lowest BCUT2D eigenvalue weighted by molar-refractivity contribution is 0.635. The van der Waals surface area contributed by atoms with Crippen molar-refractivity contribution >= 4 is 16.6 Å². The molecule has 264 valence electrons. The predicted molar refractivity (Wildman–Crippen MR) is 228 cm³/mol. The van der Waals surface area contributed by atoms with Crippen LogP contribution >= 0.6 is 0 Å². The summed E-state index contributed by atoms with van der Waals surface area (Å²) < 4.78 is 2.22. The van der Waals surface area contributed by atoms with Crippen LogP contribution in [-0.4, -0.2) is 19.5 Å². The van der Waals surface area contributed by atoms with Crippen LogP contribution in [0.5, 0.6) is 0 Å². The lowest BCUT2D eigenvalue weighted by Crippen LogP contribution is -2.20. The van der Waals surface area contributed by atoms with Crippen LogP contribution in [0.4, 0.5) is 0 Å². The van der Waals surface area contributed by atoms with Gasteiger partial charge in [0.25, 0.3) is 0 Å². The molecule has 0 fully saturated rings. The van der Waals surface area contributed by atoms with Crippen LogP contribution in [0.2, 0.25) is 0 Å². The molecular formula is C51H40N4. The second-order valence-corrected chi connectivity index (χ2v) is 14.6. The maximum Gasteiger partial charge on any atom is 0.160 e. The number of aromatic nitrogens is 4. The van der Waals surface area contributed by atoms with Crippen LogP contribution < -0.4 is 0 Å². The molecule has 4 heteroatoms. The van der Waals surface area contributed by atoms with Crippen molar-refractivity contribution in [3.63, 3.8) is 0 Å². The Morgan fingerprint density at radius 1 is 0.564 bits per heavy atom. The van der Waals surface area contributed by atoms with Crippen molar-refractivity contribution in [2.45, 2.75) is 25.7 Å². The van der Waals surface area contributed by atoms with Crippen LogP contribution in [0.1, 0.15) is 30.5 Å². The van der Waals surface area contributed by atoms with Crippen molar-refractivity contribution in [3.8, 4) is 51.0 Å². The van der Waals surface area contributed by atoms with Gasteiger partial charge in [-0.3, -0.25) is 4.57 Å². The number of hydrogen-bond donors (Lipinski definition) is 0. The van der Waals surface area contributed by atoms with Crippen molar-refractivity contribution < 1.29 is 0 Å². The fourth-order valence-electron chi connectivity index (χ4n) is 7.56. The molecule has 0 unspecified atom stereocenters. The summed E-state index contributed by atoms with van der Waals surface area (Å²) in [6, 6.07) is 56.9. The van der Waals surface area contributed by atoms with Gasteiger partial charge in [-0.2, -0.15) is 0 Å². The van der Waals surface area contributed by atoms with Gasteiger partial charge in [-0.05, 0) is 70.7 Å². The molecule has 0 bridgehead atoms. The Hall–Kier alpha value is -6.91. The van der Waals surface area contributed by atoms with E-state index in [0.29, 0.717) is 5.82 Å². The molecule has 55 heavy (non-hydrogen) atoms. The topological polar surface area (TPSA) is 43.6 Å². The van der Waals surface area contributed by atoms with Gasteiger partial charge in [-0.15, -0.1) is 0 Å². The number of imidazole rings is 1. The minimum absolute atomic E-state index is 0.207. The smallest absolute Gasteiger partial charge is 0.160 e. The fraction of sp³-hybridized carbons (Fsp3) is 0.0784. The first-order valence-corrected chi connectivity index (χ1v) is 18.8. The summed E-state index contributed by atoms with van der Waals surface area (Å²) in [5.74, 6) is 1.55. The summed E-state index contributed by atoms with van der Waals surface area (Å²) in [4.78, 5) is 15.4. The van der Waals surface area contributed by atoms with Gasteiger partial charge in [0.05, 0.1) is 22.4 Å². The average molecular weight is 709 g/mol. The number of nitrogens with zero attached hydrogens (tertiary/aromatic N) is 4. The molecule has 6 aromatic carbocycles. The molecule has 0 aliphatic heterocycles. The molecule has 2 heterocycles. The van der Waals surface area contributed by atoms with E-state index in [-0.39, 0.29) is 5.41 Å². The molecule has 9 rings (SSSR count). The summed E-state index contributed by atoms with van der Waals surface area (Å²) in [5, 5.41) is 0. The highest BCUT2D eigenvalue weighted by atomic mass is 15.1. The van der Waals surface area contributed by atoms with Crippen LogP contribution in [0, 0.1) is 0 Å². The van der Waals surface area contributed by atoms with Gasteiger partial charge >= 0.3 is 0 Å². The van der Waals surface area contributed by atoms with E-state index < -0.39 is 0 Å². The number of para-hydroxylation sites is 3. The quantitative estimate of drug-likeness (QED) is 0.173. The highest BCUT2D eigenvalue weighted by molar-refractivity contribution is 5.84. The second-order valence-electron chi connectivity index (χ2n) is 14.6. The number of fused-ring (bicyclic) bond motifs is 2. The molecule has 0 saturated carbocycles. The van der Waals surface area contributed by atoms with Crippen molar-refractivity contribution in [1.82, 2.24) is 19.5 Å². The van der Waals surface area contributed by atoms with E-state index >= 15 is 0 Å². The number of hydrogen-bond acceptors (Lipinski definition) is 3. The van der Waals surface area contributed by atoms with E-state index in [1.807, 2.05) is 30.3 Å². The maximum absolute atomic E-state index is 5.21. The zero-order valence-corrected chi connectivity index (χ0v) is 31.0. The molecule has 0 amide bonds. The third-order valence-corrected chi connectivity index (χ3v) is 10.7. The second kappa shape index (κ2) is 14.1. The monoisotopic (exact) mass is 708 g/mol. The normalized spacial score (nSPS) is 15.3. The Morgan fingerprint density at radius 3 is 2.00 bits per heavy atom. The number of benzene rings is 6. The summed E-state index contributed by atoms with van der Waals surface area (Å²) in [6.45, 7) is 9.11. The number of allylic oxidation sites excluding steroid dienone is 5. The molecular weight excluding hydrogens is 669 g/mol. The van der Waals surface area contributed by atoms with Gasteiger partial charge in [-0.25, -0.2) is 15.0 Å². The van der Waals surface area contributed by atoms with Gasteiger partial charge in [0.15, 0.2) is 5.82 Å². The standard InChI is InChI=1S/C51H40N4/c1-35-32-40(20-14-19-36-16-10-11-25-44(36)51(35,2)3)41-21-15-22-42(33-41)47-34-46(37-17-6-4-7-18-37)52-49(53-47)38-28-30-39(31-29-38)50-54-45-26-12-13-27-48(45)55(50)43-23-8-5-9-24-43/h4-18,20-34H,1,19H2,2-3H3/b20-14-,40-32+. The highest BCUT2D eigenvalue weighted by Crippen LogP contribution is 2.38. The van der Waals surface area contributed by atoms with Gasteiger partial charge in [-0.1, -0.05) is 166 Å². The van der Waals surface area contributed by atoms with Crippen molar-refractivity contribution in [1.29, 1.82) is 0 Å². The molecule has 1 aliphatic carbocycles. The van der Waals surface area contributed by atoms with Crippen LogP contribution in [0.3, 0.4) is 0 Å². The molecule has 2 aromatic heterocycles. The van der Waals surface area contributed by atoms with Crippen LogP contribution in [0.15, 0.2) is 194 Å². The molecule has 8 aromatic rings. The first kappa shape index (κ1) is 33.9. The molecule has 0 N–H and O–H groups in total. The van der Waals surface area contributed by atoms with Crippen LogP contribution in [0.25, 0.3) is 67.6 Å². The van der Waals surface area contributed by atoms with Crippen molar-refractivity contribution in [3.05, 3.63) is 211 Å². The third-order valence-electron chi connectivity index (χ3n) is 10.7. The van der Waals surface area contributed by atoms with Gasteiger partial charge in [0.1, 0.15) is 5.82 Å². The van der Waals surface area contributed by atoms with E-state index in [1.54, 1.807) is 0 Å². The van der Waals surface area contributed by atoms with E-state index in [2.05, 4.69) is 177 Å². The van der Waals surface area contributed by atoms with Crippen molar-refractivity contribution in [2.24, 2.45) is 0 Å². The average Bonchev–Trinajstić information content (AvgIpc) is 3.65. The Labute approximate surface area is 322 Å². The highest BCUT2D eigenvalue weighted by Gasteiger charge is 2.26.